The van der Waals surface area contributed by atoms with Crippen LogP contribution in [0.1, 0.15) is 51.7 Å². The summed E-state index contributed by atoms with van der Waals surface area (Å²) in [5, 5.41) is 6.91. The Hall–Kier alpha value is -0.860. The molecule has 0 atom stereocenters. The fraction of sp³-hybridized carbons (Fsp3) is 0.647. The molecule has 2 heteroatoms. The van der Waals surface area contributed by atoms with E-state index in [1.54, 1.807) is 0 Å². The van der Waals surface area contributed by atoms with Crippen molar-refractivity contribution in [3.8, 4) is 0 Å². The van der Waals surface area contributed by atoms with E-state index >= 15 is 0 Å². The van der Waals surface area contributed by atoms with E-state index in [1.165, 1.54) is 24.0 Å². The van der Waals surface area contributed by atoms with Crippen molar-refractivity contribution < 1.29 is 0 Å². The van der Waals surface area contributed by atoms with E-state index in [-0.39, 0.29) is 5.41 Å². The van der Waals surface area contributed by atoms with Crippen molar-refractivity contribution in [2.24, 2.45) is 0 Å². The maximum absolute atomic E-state index is 3.50. The lowest BCUT2D eigenvalue weighted by molar-refractivity contribution is 0.585. The minimum atomic E-state index is 0.247. The van der Waals surface area contributed by atoms with Crippen molar-refractivity contribution in [2.75, 3.05) is 19.6 Å². The van der Waals surface area contributed by atoms with E-state index in [1.807, 2.05) is 0 Å². The van der Waals surface area contributed by atoms with Gasteiger partial charge >= 0.3 is 0 Å². The highest BCUT2D eigenvalue weighted by molar-refractivity contribution is 5.27. The smallest absolute Gasteiger partial charge is 0.0205 e. The molecule has 0 aliphatic carbocycles. The standard InChI is InChI=1S/C17H30N2/c1-5-11-18-12-6-13-19-14-15-7-9-16(10-8-15)17(2,3)4/h7-10,18-19H,5-6,11-14H2,1-4H3. The van der Waals surface area contributed by atoms with Gasteiger partial charge in [0.15, 0.2) is 0 Å². The zero-order valence-corrected chi connectivity index (χ0v) is 13.1. The molecular weight excluding hydrogens is 232 g/mol. The lowest BCUT2D eigenvalue weighted by Gasteiger charge is -2.19. The maximum atomic E-state index is 3.50. The van der Waals surface area contributed by atoms with Crippen LogP contribution in [0.15, 0.2) is 24.3 Å². The minimum absolute atomic E-state index is 0.247. The highest BCUT2D eigenvalue weighted by Crippen LogP contribution is 2.21. The predicted octanol–water partition coefficient (Wildman–Crippen LogP) is 3.46. The van der Waals surface area contributed by atoms with Gasteiger partial charge in [0.05, 0.1) is 0 Å². The quantitative estimate of drug-likeness (QED) is 0.701. The lowest BCUT2D eigenvalue weighted by Crippen LogP contribution is -2.22. The number of nitrogens with one attached hydrogen (secondary N) is 2. The lowest BCUT2D eigenvalue weighted by atomic mass is 9.87. The first-order valence-electron chi connectivity index (χ1n) is 7.55. The minimum Gasteiger partial charge on any atom is -0.317 e. The summed E-state index contributed by atoms with van der Waals surface area (Å²) in [7, 11) is 0. The average Bonchev–Trinajstić information content (AvgIpc) is 2.37. The Labute approximate surface area is 119 Å². The summed E-state index contributed by atoms with van der Waals surface area (Å²) in [4.78, 5) is 0. The molecule has 0 aliphatic heterocycles. The van der Waals surface area contributed by atoms with Crippen LogP contribution in [-0.2, 0) is 12.0 Å². The van der Waals surface area contributed by atoms with Crippen LogP contribution >= 0.6 is 0 Å². The van der Waals surface area contributed by atoms with Gasteiger partial charge in [0.25, 0.3) is 0 Å². The summed E-state index contributed by atoms with van der Waals surface area (Å²) < 4.78 is 0. The van der Waals surface area contributed by atoms with Gasteiger partial charge in [0, 0.05) is 6.54 Å². The molecule has 2 nitrogen and oxygen atoms in total. The Bertz CT molecular complexity index is 335. The van der Waals surface area contributed by atoms with E-state index < -0.39 is 0 Å². The number of rotatable bonds is 8. The van der Waals surface area contributed by atoms with Gasteiger partial charge in [-0.2, -0.15) is 0 Å². The summed E-state index contributed by atoms with van der Waals surface area (Å²) in [6.07, 6.45) is 2.41. The molecule has 0 unspecified atom stereocenters. The molecule has 0 radical (unpaired) electrons. The molecule has 0 bridgehead atoms. The first-order chi connectivity index (χ1) is 9.04. The summed E-state index contributed by atoms with van der Waals surface area (Å²) in [6.45, 7) is 13.3. The van der Waals surface area contributed by atoms with Gasteiger partial charge in [0.1, 0.15) is 0 Å². The molecular formula is C17H30N2. The van der Waals surface area contributed by atoms with Crippen molar-refractivity contribution in [1.29, 1.82) is 0 Å². The Kier molecular flexibility index (Phi) is 7.11. The Morgan fingerprint density at radius 2 is 1.53 bits per heavy atom. The topological polar surface area (TPSA) is 24.1 Å². The first-order valence-corrected chi connectivity index (χ1v) is 7.55. The van der Waals surface area contributed by atoms with Crippen LogP contribution in [0.5, 0.6) is 0 Å². The molecule has 0 spiro atoms. The fourth-order valence-electron chi connectivity index (χ4n) is 2.00. The van der Waals surface area contributed by atoms with Gasteiger partial charge in [-0.25, -0.2) is 0 Å². The second kappa shape index (κ2) is 8.34. The van der Waals surface area contributed by atoms with E-state index in [9.17, 15) is 0 Å². The number of hydrogen-bond donors (Lipinski definition) is 2. The molecule has 0 aromatic heterocycles. The average molecular weight is 262 g/mol. The van der Waals surface area contributed by atoms with Gasteiger partial charge in [-0.15, -0.1) is 0 Å². The largest absolute Gasteiger partial charge is 0.317 e. The van der Waals surface area contributed by atoms with Crippen molar-refractivity contribution in [2.45, 2.75) is 52.5 Å². The van der Waals surface area contributed by atoms with Crippen LogP contribution in [0.25, 0.3) is 0 Å². The molecule has 0 heterocycles. The highest BCUT2D eigenvalue weighted by Gasteiger charge is 2.12. The first kappa shape index (κ1) is 16.2. The van der Waals surface area contributed by atoms with Crippen LogP contribution < -0.4 is 10.6 Å². The molecule has 0 amide bonds. The molecule has 0 saturated heterocycles. The van der Waals surface area contributed by atoms with Gasteiger partial charge < -0.3 is 10.6 Å². The second-order valence-electron chi connectivity index (χ2n) is 6.23. The molecule has 1 aromatic rings. The third-order valence-electron chi connectivity index (χ3n) is 3.28. The third kappa shape index (κ3) is 6.74. The molecule has 108 valence electrons. The molecule has 2 N–H and O–H groups in total. The van der Waals surface area contributed by atoms with Crippen LogP contribution in [0.4, 0.5) is 0 Å². The fourth-order valence-corrected chi connectivity index (χ4v) is 2.00. The summed E-state index contributed by atoms with van der Waals surface area (Å²) in [5.41, 5.74) is 3.02. The number of benzene rings is 1. The van der Waals surface area contributed by atoms with Crippen molar-refractivity contribution in [3.63, 3.8) is 0 Å². The van der Waals surface area contributed by atoms with Gasteiger partial charge in [-0.3, -0.25) is 0 Å². The predicted molar refractivity (Wildman–Crippen MR) is 84.6 cm³/mol. The van der Waals surface area contributed by atoms with E-state index in [0.29, 0.717) is 0 Å². The Balaban J connectivity index is 2.20. The Morgan fingerprint density at radius 3 is 2.11 bits per heavy atom. The van der Waals surface area contributed by atoms with Gasteiger partial charge in [0.2, 0.25) is 0 Å². The van der Waals surface area contributed by atoms with Gasteiger partial charge in [-0.05, 0) is 49.0 Å². The molecule has 0 aliphatic rings. The normalized spacial score (nSPS) is 11.8. The molecule has 0 saturated carbocycles. The Morgan fingerprint density at radius 1 is 0.895 bits per heavy atom. The zero-order valence-electron chi connectivity index (χ0n) is 13.1. The molecule has 0 fully saturated rings. The van der Waals surface area contributed by atoms with E-state index in [4.69, 9.17) is 0 Å². The summed E-state index contributed by atoms with van der Waals surface area (Å²) >= 11 is 0. The third-order valence-corrected chi connectivity index (χ3v) is 3.28. The van der Waals surface area contributed by atoms with Crippen LogP contribution in [-0.4, -0.2) is 19.6 Å². The zero-order chi connectivity index (χ0) is 14.1. The van der Waals surface area contributed by atoms with Crippen molar-refractivity contribution >= 4 is 0 Å². The van der Waals surface area contributed by atoms with E-state index in [0.717, 1.165) is 26.2 Å². The van der Waals surface area contributed by atoms with E-state index in [2.05, 4.69) is 62.6 Å². The highest BCUT2D eigenvalue weighted by atomic mass is 14.9. The van der Waals surface area contributed by atoms with Crippen LogP contribution in [0.3, 0.4) is 0 Å². The molecule has 1 rings (SSSR count). The maximum Gasteiger partial charge on any atom is 0.0205 e. The van der Waals surface area contributed by atoms with Gasteiger partial charge in [-0.1, -0.05) is 52.0 Å². The monoisotopic (exact) mass is 262 g/mol. The molecule has 1 aromatic carbocycles. The SMILES string of the molecule is CCCNCCCNCc1ccc(C(C)(C)C)cc1. The second-order valence-corrected chi connectivity index (χ2v) is 6.23. The molecule has 19 heavy (non-hydrogen) atoms. The van der Waals surface area contributed by atoms with Crippen LogP contribution in [0, 0.1) is 0 Å². The van der Waals surface area contributed by atoms with Crippen molar-refractivity contribution in [1.82, 2.24) is 10.6 Å². The van der Waals surface area contributed by atoms with Crippen molar-refractivity contribution in [3.05, 3.63) is 35.4 Å². The van der Waals surface area contributed by atoms with Crippen LogP contribution in [0.2, 0.25) is 0 Å². The number of hydrogen-bond acceptors (Lipinski definition) is 2. The summed E-state index contributed by atoms with van der Waals surface area (Å²) in [5.74, 6) is 0. The summed E-state index contributed by atoms with van der Waals surface area (Å²) in [6, 6.07) is 8.98.